The molecule has 0 aliphatic rings. The van der Waals surface area contributed by atoms with Crippen molar-refractivity contribution in [3.8, 4) is 5.75 Å². The van der Waals surface area contributed by atoms with Crippen molar-refractivity contribution in [3.63, 3.8) is 0 Å². The van der Waals surface area contributed by atoms with Gasteiger partial charge in [0.15, 0.2) is 0 Å². The standard InChI is InChI=1S/C19H24N2O4/c1-25-16-9-5-8-15(10-16)12-21(19(23)24)13-18(22)17(20)11-14-6-3-2-4-7-14/h2-10,17-18,22H,11-13,20H2,1H3,(H,23,24)/t17-,18+/m0/s1. The fourth-order valence-corrected chi connectivity index (χ4v) is 2.58. The van der Waals surface area contributed by atoms with Gasteiger partial charge in [-0.05, 0) is 29.7 Å². The lowest BCUT2D eigenvalue weighted by Crippen LogP contribution is -2.46. The molecule has 2 rings (SSSR count). The fraction of sp³-hybridized carbons (Fsp3) is 0.316. The minimum atomic E-state index is -1.10. The van der Waals surface area contributed by atoms with Gasteiger partial charge in [0.2, 0.25) is 0 Å². The van der Waals surface area contributed by atoms with E-state index in [1.165, 1.54) is 0 Å². The average Bonchev–Trinajstić information content (AvgIpc) is 2.62. The minimum Gasteiger partial charge on any atom is -0.497 e. The van der Waals surface area contributed by atoms with Crippen LogP contribution in [0.5, 0.6) is 5.75 Å². The van der Waals surface area contributed by atoms with Gasteiger partial charge in [-0.25, -0.2) is 4.79 Å². The Bertz CT molecular complexity index is 678. The van der Waals surface area contributed by atoms with Gasteiger partial charge in [0.05, 0.1) is 19.8 Å². The van der Waals surface area contributed by atoms with Crippen LogP contribution in [0.2, 0.25) is 0 Å². The lowest BCUT2D eigenvalue weighted by molar-refractivity contribution is 0.0795. The molecule has 25 heavy (non-hydrogen) atoms. The Morgan fingerprint density at radius 3 is 2.48 bits per heavy atom. The van der Waals surface area contributed by atoms with E-state index >= 15 is 0 Å². The molecule has 6 nitrogen and oxygen atoms in total. The number of nitrogens with two attached hydrogens (primary N) is 1. The highest BCUT2D eigenvalue weighted by Gasteiger charge is 2.22. The molecule has 0 aliphatic carbocycles. The molecule has 4 N–H and O–H groups in total. The smallest absolute Gasteiger partial charge is 0.407 e. The number of methoxy groups -OCH3 is 1. The SMILES string of the molecule is COc1cccc(CN(C[C@@H](O)[C@@H](N)Cc2ccccc2)C(=O)O)c1. The van der Waals surface area contributed by atoms with Gasteiger partial charge in [0.25, 0.3) is 0 Å². The molecule has 0 bridgehead atoms. The van der Waals surface area contributed by atoms with Gasteiger partial charge in [0, 0.05) is 12.6 Å². The maximum absolute atomic E-state index is 11.5. The van der Waals surface area contributed by atoms with Gasteiger partial charge >= 0.3 is 6.09 Å². The van der Waals surface area contributed by atoms with Gasteiger partial charge in [-0.2, -0.15) is 0 Å². The maximum Gasteiger partial charge on any atom is 0.407 e. The van der Waals surface area contributed by atoms with E-state index in [0.29, 0.717) is 12.2 Å². The van der Waals surface area contributed by atoms with Crippen molar-refractivity contribution in [2.45, 2.75) is 25.1 Å². The minimum absolute atomic E-state index is 0.0550. The topological polar surface area (TPSA) is 96.0 Å². The van der Waals surface area contributed by atoms with Crippen molar-refractivity contribution in [2.75, 3.05) is 13.7 Å². The molecule has 0 aromatic heterocycles. The van der Waals surface area contributed by atoms with Crippen LogP contribution in [0.4, 0.5) is 4.79 Å². The number of carbonyl (C=O) groups is 1. The Hall–Kier alpha value is -2.57. The first-order chi connectivity index (χ1) is 12.0. The number of ether oxygens (including phenoxy) is 1. The summed E-state index contributed by atoms with van der Waals surface area (Å²) in [4.78, 5) is 12.7. The largest absolute Gasteiger partial charge is 0.497 e. The van der Waals surface area contributed by atoms with Crippen LogP contribution < -0.4 is 10.5 Å². The summed E-state index contributed by atoms with van der Waals surface area (Å²) in [6.45, 7) is 0.0994. The number of nitrogens with zero attached hydrogens (tertiary/aromatic N) is 1. The van der Waals surface area contributed by atoms with Crippen LogP contribution in [-0.4, -0.2) is 47.0 Å². The molecular formula is C19H24N2O4. The molecule has 0 heterocycles. The molecule has 0 radical (unpaired) electrons. The molecule has 1 amide bonds. The molecule has 0 saturated heterocycles. The molecule has 134 valence electrons. The van der Waals surface area contributed by atoms with Gasteiger partial charge in [-0.15, -0.1) is 0 Å². The zero-order valence-electron chi connectivity index (χ0n) is 14.2. The summed E-state index contributed by atoms with van der Waals surface area (Å²) < 4.78 is 5.15. The monoisotopic (exact) mass is 344 g/mol. The van der Waals surface area contributed by atoms with Gasteiger partial charge in [-0.1, -0.05) is 42.5 Å². The lowest BCUT2D eigenvalue weighted by atomic mass is 10.0. The van der Waals surface area contributed by atoms with Crippen molar-refractivity contribution in [1.29, 1.82) is 0 Å². The Morgan fingerprint density at radius 2 is 1.84 bits per heavy atom. The number of amides is 1. The van der Waals surface area contributed by atoms with Gasteiger partial charge in [-0.3, -0.25) is 0 Å². The number of aliphatic hydroxyl groups excluding tert-OH is 1. The second kappa shape index (κ2) is 9.05. The average molecular weight is 344 g/mol. The second-order valence-corrected chi connectivity index (χ2v) is 5.94. The highest BCUT2D eigenvalue weighted by Crippen LogP contribution is 2.15. The molecule has 0 aliphatic heterocycles. The van der Waals surface area contributed by atoms with E-state index in [4.69, 9.17) is 10.5 Å². The van der Waals surface area contributed by atoms with E-state index in [1.807, 2.05) is 36.4 Å². The van der Waals surface area contributed by atoms with E-state index in [1.54, 1.807) is 25.3 Å². The summed E-state index contributed by atoms with van der Waals surface area (Å²) in [6.07, 6.45) is -1.58. The van der Waals surface area contributed by atoms with Gasteiger partial charge < -0.3 is 25.6 Å². The van der Waals surface area contributed by atoms with Crippen LogP contribution in [0.1, 0.15) is 11.1 Å². The Kier molecular flexibility index (Phi) is 6.80. The fourth-order valence-electron chi connectivity index (χ4n) is 2.58. The number of hydrogen-bond acceptors (Lipinski definition) is 4. The van der Waals surface area contributed by atoms with Crippen LogP contribution in [0.3, 0.4) is 0 Å². The van der Waals surface area contributed by atoms with E-state index < -0.39 is 18.2 Å². The number of carboxylic acid groups (broad SMARTS) is 1. The number of rotatable bonds is 8. The van der Waals surface area contributed by atoms with Crippen LogP contribution in [0, 0.1) is 0 Å². The van der Waals surface area contributed by atoms with E-state index in [-0.39, 0.29) is 13.1 Å². The Morgan fingerprint density at radius 1 is 1.16 bits per heavy atom. The molecular weight excluding hydrogens is 320 g/mol. The molecule has 2 atom stereocenters. The van der Waals surface area contributed by atoms with E-state index in [0.717, 1.165) is 16.0 Å². The quantitative estimate of drug-likeness (QED) is 0.681. The lowest BCUT2D eigenvalue weighted by Gasteiger charge is -2.26. The van der Waals surface area contributed by atoms with Crippen LogP contribution in [0.15, 0.2) is 54.6 Å². The molecule has 2 aromatic carbocycles. The van der Waals surface area contributed by atoms with Crippen molar-refractivity contribution in [2.24, 2.45) is 5.73 Å². The zero-order chi connectivity index (χ0) is 18.2. The van der Waals surface area contributed by atoms with Crippen molar-refractivity contribution in [3.05, 3.63) is 65.7 Å². The van der Waals surface area contributed by atoms with Crippen LogP contribution in [0.25, 0.3) is 0 Å². The third-order valence-electron chi connectivity index (χ3n) is 3.99. The summed E-state index contributed by atoms with van der Waals surface area (Å²) in [5.74, 6) is 0.657. The molecule has 0 spiro atoms. The second-order valence-electron chi connectivity index (χ2n) is 5.94. The number of aliphatic hydroxyl groups is 1. The Labute approximate surface area is 147 Å². The first-order valence-electron chi connectivity index (χ1n) is 8.08. The zero-order valence-corrected chi connectivity index (χ0v) is 14.2. The molecule has 0 fully saturated rings. The summed E-state index contributed by atoms with van der Waals surface area (Å²) in [5, 5.41) is 19.7. The predicted octanol–water partition coefficient (Wildman–Crippen LogP) is 2.11. The van der Waals surface area contributed by atoms with Crippen molar-refractivity contribution in [1.82, 2.24) is 4.90 Å². The van der Waals surface area contributed by atoms with E-state index in [2.05, 4.69) is 0 Å². The first-order valence-corrected chi connectivity index (χ1v) is 8.08. The third kappa shape index (κ3) is 5.77. The van der Waals surface area contributed by atoms with Crippen LogP contribution >= 0.6 is 0 Å². The van der Waals surface area contributed by atoms with Gasteiger partial charge in [0.1, 0.15) is 5.75 Å². The predicted molar refractivity (Wildman–Crippen MR) is 95.6 cm³/mol. The summed E-state index contributed by atoms with van der Waals surface area (Å²) in [7, 11) is 1.56. The highest BCUT2D eigenvalue weighted by atomic mass is 16.5. The van der Waals surface area contributed by atoms with E-state index in [9.17, 15) is 15.0 Å². The summed E-state index contributed by atoms with van der Waals surface area (Å²) in [6, 6.07) is 16.2. The highest BCUT2D eigenvalue weighted by molar-refractivity contribution is 5.65. The number of hydrogen-bond donors (Lipinski definition) is 3. The first kappa shape index (κ1) is 18.8. The molecule has 2 aromatic rings. The number of benzene rings is 2. The van der Waals surface area contributed by atoms with Crippen molar-refractivity contribution < 1.29 is 19.7 Å². The Balaban J connectivity index is 1.98. The molecule has 0 saturated carbocycles. The normalized spacial score (nSPS) is 13.1. The maximum atomic E-state index is 11.5. The summed E-state index contributed by atoms with van der Waals surface area (Å²) >= 11 is 0. The summed E-state index contributed by atoms with van der Waals surface area (Å²) in [5.41, 5.74) is 7.83. The van der Waals surface area contributed by atoms with Crippen molar-refractivity contribution >= 4 is 6.09 Å². The van der Waals surface area contributed by atoms with Crippen LogP contribution in [-0.2, 0) is 13.0 Å². The third-order valence-corrected chi connectivity index (χ3v) is 3.99. The molecule has 6 heteroatoms. The molecule has 0 unspecified atom stereocenters.